The summed E-state index contributed by atoms with van der Waals surface area (Å²) in [4.78, 5) is 26.7. The number of carbonyl (C=O) groups is 2. The van der Waals surface area contributed by atoms with Gasteiger partial charge in [-0.05, 0) is 25.0 Å². The van der Waals surface area contributed by atoms with Gasteiger partial charge < -0.3 is 24.5 Å². The second-order valence-corrected chi connectivity index (χ2v) is 6.02. The van der Waals surface area contributed by atoms with Crippen LogP contribution in [0.3, 0.4) is 0 Å². The minimum atomic E-state index is -1.00. The molecule has 142 valence electrons. The Hall–Kier alpha value is -2.54. The number of hydrogen-bond donors (Lipinski definition) is 2. The number of methoxy groups -OCH3 is 1. The molecule has 2 rings (SSSR count). The topological polar surface area (TPSA) is 92.0 Å². The van der Waals surface area contributed by atoms with Gasteiger partial charge in [0.15, 0.2) is 17.1 Å². The summed E-state index contributed by atoms with van der Waals surface area (Å²) in [5.74, 6) is -0.261. The number of aliphatic hydroxyl groups is 1. The van der Waals surface area contributed by atoms with Crippen LogP contribution < -0.4 is 10.1 Å². The molecule has 0 bridgehead atoms. The van der Waals surface area contributed by atoms with Gasteiger partial charge in [-0.1, -0.05) is 26.0 Å². The molecule has 0 aliphatic heterocycles. The molecular formula is C19H26N2O5. The number of furan rings is 1. The molecule has 1 aromatic carbocycles. The first-order chi connectivity index (χ1) is 12.5. The zero-order chi connectivity index (χ0) is 19.1. The van der Waals surface area contributed by atoms with Crippen LogP contribution in [0.4, 0.5) is 0 Å². The minimum Gasteiger partial charge on any atom is -0.493 e. The molecule has 7 heteroatoms. The average Bonchev–Trinajstić information content (AvgIpc) is 3.09. The molecule has 1 aromatic heterocycles. The molecule has 7 nitrogen and oxygen atoms in total. The average molecular weight is 362 g/mol. The number of benzene rings is 1. The molecular weight excluding hydrogens is 336 g/mol. The fourth-order valence-electron chi connectivity index (χ4n) is 2.82. The van der Waals surface area contributed by atoms with Crippen molar-refractivity contribution >= 4 is 22.8 Å². The molecule has 0 fully saturated rings. The monoisotopic (exact) mass is 362 g/mol. The van der Waals surface area contributed by atoms with Gasteiger partial charge in [0, 0.05) is 18.5 Å². The van der Waals surface area contributed by atoms with E-state index in [2.05, 4.69) is 5.32 Å². The van der Waals surface area contributed by atoms with E-state index >= 15 is 0 Å². The van der Waals surface area contributed by atoms with E-state index in [0.717, 1.165) is 18.2 Å². The Morgan fingerprint density at radius 3 is 2.54 bits per heavy atom. The molecule has 2 aromatic rings. The Morgan fingerprint density at radius 1 is 1.27 bits per heavy atom. The Kier molecular flexibility index (Phi) is 7.03. The van der Waals surface area contributed by atoms with Gasteiger partial charge in [0.25, 0.3) is 5.91 Å². The summed E-state index contributed by atoms with van der Waals surface area (Å²) in [7, 11) is 1.52. The summed E-state index contributed by atoms with van der Waals surface area (Å²) in [6.45, 7) is 4.65. The molecule has 2 amide bonds. The van der Waals surface area contributed by atoms with Crippen LogP contribution >= 0.6 is 0 Å². The minimum absolute atomic E-state index is 0.0632. The number of nitrogens with zero attached hydrogens (tertiary/aromatic N) is 1. The van der Waals surface area contributed by atoms with Gasteiger partial charge in [0.2, 0.25) is 5.91 Å². The van der Waals surface area contributed by atoms with Crippen LogP contribution in [0.15, 0.2) is 28.7 Å². The van der Waals surface area contributed by atoms with E-state index in [1.165, 1.54) is 7.11 Å². The summed E-state index contributed by atoms with van der Waals surface area (Å²) in [5.41, 5.74) is 0.464. The number of ether oxygens (including phenoxy) is 1. The third kappa shape index (κ3) is 4.35. The molecule has 2 N–H and O–H groups in total. The first-order valence-electron chi connectivity index (χ1n) is 8.82. The number of carbonyl (C=O) groups excluding carboxylic acids is 2. The molecule has 0 saturated heterocycles. The Balaban J connectivity index is 2.17. The maximum absolute atomic E-state index is 12.6. The number of amides is 2. The maximum atomic E-state index is 12.6. The summed E-state index contributed by atoms with van der Waals surface area (Å²) in [6, 6.07) is 5.92. The van der Waals surface area contributed by atoms with Crippen molar-refractivity contribution in [1.82, 2.24) is 10.2 Å². The first kappa shape index (κ1) is 19.8. The van der Waals surface area contributed by atoms with Crippen LogP contribution in [-0.2, 0) is 4.79 Å². The predicted molar refractivity (Wildman–Crippen MR) is 98.3 cm³/mol. The van der Waals surface area contributed by atoms with Crippen LogP contribution in [0.1, 0.15) is 37.2 Å². The molecule has 1 atom stereocenters. The van der Waals surface area contributed by atoms with E-state index in [9.17, 15) is 14.7 Å². The van der Waals surface area contributed by atoms with E-state index in [4.69, 9.17) is 9.15 Å². The highest BCUT2D eigenvalue weighted by atomic mass is 16.5. The molecule has 0 radical (unpaired) electrons. The van der Waals surface area contributed by atoms with Crippen molar-refractivity contribution in [2.75, 3.05) is 26.8 Å². The lowest BCUT2D eigenvalue weighted by atomic mass is 10.2. The summed E-state index contributed by atoms with van der Waals surface area (Å²) in [6.07, 6.45) is 1.61. The molecule has 0 aliphatic rings. The highest BCUT2D eigenvalue weighted by Crippen LogP contribution is 2.28. The highest BCUT2D eigenvalue weighted by Gasteiger charge is 2.26. The van der Waals surface area contributed by atoms with E-state index in [1.54, 1.807) is 29.2 Å². The lowest BCUT2D eigenvalue weighted by molar-refractivity contribution is -0.134. The number of para-hydroxylation sites is 1. The number of rotatable bonds is 9. The third-order valence-corrected chi connectivity index (χ3v) is 4.04. The lowest BCUT2D eigenvalue weighted by Crippen LogP contribution is -2.50. The Bertz CT molecular complexity index is 749. The van der Waals surface area contributed by atoms with Gasteiger partial charge in [-0.15, -0.1) is 0 Å². The molecule has 0 saturated carbocycles. The fraction of sp³-hybridized carbons (Fsp3) is 0.474. The van der Waals surface area contributed by atoms with Crippen molar-refractivity contribution in [3.8, 4) is 5.75 Å². The molecule has 26 heavy (non-hydrogen) atoms. The van der Waals surface area contributed by atoms with Crippen molar-refractivity contribution in [3.05, 3.63) is 30.0 Å². The Labute approximate surface area is 152 Å². The van der Waals surface area contributed by atoms with E-state index in [-0.39, 0.29) is 11.7 Å². The van der Waals surface area contributed by atoms with Gasteiger partial charge in [0.1, 0.15) is 6.04 Å². The fourth-order valence-corrected chi connectivity index (χ4v) is 2.82. The second kappa shape index (κ2) is 9.24. The van der Waals surface area contributed by atoms with Gasteiger partial charge in [-0.25, -0.2) is 0 Å². The van der Waals surface area contributed by atoms with Crippen LogP contribution in [0.5, 0.6) is 5.75 Å². The van der Waals surface area contributed by atoms with Crippen molar-refractivity contribution in [2.45, 2.75) is 32.7 Å². The SMILES string of the molecule is CCCN(CCC)C(=O)[C@H](CO)NC(=O)c1cc2cccc(OC)c2o1. The van der Waals surface area contributed by atoms with Crippen molar-refractivity contribution in [2.24, 2.45) is 0 Å². The van der Waals surface area contributed by atoms with Gasteiger partial charge >= 0.3 is 0 Å². The van der Waals surface area contributed by atoms with Gasteiger partial charge in [-0.2, -0.15) is 0 Å². The van der Waals surface area contributed by atoms with Gasteiger partial charge in [-0.3, -0.25) is 9.59 Å². The predicted octanol–water partition coefficient (Wildman–Crippen LogP) is 2.18. The Morgan fingerprint density at radius 2 is 1.96 bits per heavy atom. The smallest absolute Gasteiger partial charge is 0.287 e. The quantitative estimate of drug-likeness (QED) is 0.713. The maximum Gasteiger partial charge on any atom is 0.287 e. The molecule has 0 spiro atoms. The van der Waals surface area contributed by atoms with Crippen LogP contribution in [0.25, 0.3) is 11.0 Å². The van der Waals surface area contributed by atoms with Crippen molar-refractivity contribution < 1.29 is 23.8 Å². The number of hydrogen-bond acceptors (Lipinski definition) is 5. The number of aliphatic hydroxyl groups excluding tert-OH is 1. The zero-order valence-electron chi connectivity index (χ0n) is 15.4. The van der Waals surface area contributed by atoms with E-state index in [1.807, 2.05) is 13.8 Å². The molecule has 1 heterocycles. The largest absolute Gasteiger partial charge is 0.493 e. The van der Waals surface area contributed by atoms with Crippen LogP contribution in [0, 0.1) is 0 Å². The van der Waals surface area contributed by atoms with Gasteiger partial charge in [0.05, 0.1) is 13.7 Å². The second-order valence-electron chi connectivity index (χ2n) is 6.02. The third-order valence-electron chi connectivity index (χ3n) is 4.04. The standard InChI is InChI=1S/C19H26N2O5/c1-4-9-21(10-5-2)19(24)14(12-22)20-18(23)16-11-13-7-6-8-15(25-3)17(13)26-16/h6-8,11,14,22H,4-5,9-10,12H2,1-3H3,(H,20,23)/t14-/m0/s1. The zero-order valence-corrected chi connectivity index (χ0v) is 15.4. The van der Waals surface area contributed by atoms with Crippen LogP contribution in [0.2, 0.25) is 0 Å². The normalized spacial score (nSPS) is 12.0. The van der Waals surface area contributed by atoms with Crippen molar-refractivity contribution in [1.29, 1.82) is 0 Å². The molecule has 0 aliphatic carbocycles. The number of fused-ring (bicyclic) bond motifs is 1. The van der Waals surface area contributed by atoms with E-state index in [0.29, 0.717) is 24.4 Å². The summed E-state index contributed by atoms with van der Waals surface area (Å²) in [5, 5.41) is 12.9. The lowest BCUT2D eigenvalue weighted by Gasteiger charge is -2.26. The summed E-state index contributed by atoms with van der Waals surface area (Å²) < 4.78 is 10.8. The number of nitrogens with one attached hydrogen (secondary N) is 1. The van der Waals surface area contributed by atoms with Crippen LogP contribution in [-0.4, -0.2) is 54.7 Å². The summed E-state index contributed by atoms with van der Waals surface area (Å²) >= 11 is 0. The van der Waals surface area contributed by atoms with Crippen molar-refractivity contribution in [3.63, 3.8) is 0 Å². The first-order valence-corrected chi connectivity index (χ1v) is 8.82. The van der Waals surface area contributed by atoms with E-state index < -0.39 is 18.6 Å². The highest BCUT2D eigenvalue weighted by molar-refractivity contribution is 5.99. The molecule has 0 unspecified atom stereocenters.